The monoisotopic (exact) mass is 501 g/mol. The van der Waals surface area contributed by atoms with E-state index >= 15 is 0 Å². The van der Waals surface area contributed by atoms with Gasteiger partial charge in [0, 0.05) is 37.1 Å². The third-order valence-electron chi connectivity index (χ3n) is 6.74. The molecule has 0 amide bonds. The predicted octanol–water partition coefficient (Wildman–Crippen LogP) is 3.24. The van der Waals surface area contributed by atoms with Crippen LogP contribution in [-0.4, -0.2) is 72.0 Å². The second-order valence-electron chi connectivity index (χ2n) is 9.72. The van der Waals surface area contributed by atoms with E-state index in [4.69, 9.17) is 16.3 Å². The van der Waals surface area contributed by atoms with Gasteiger partial charge in [-0.1, -0.05) is 17.7 Å². The molecule has 5 rings (SSSR count). The zero-order valence-electron chi connectivity index (χ0n) is 20.2. The number of nitrogens with zero attached hydrogens (tertiary/aromatic N) is 4. The van der Waals surface area contributed by atoms with Gasteiger partial charge in [0.2, 0.25) is 0 Å². The Morgan fingerprint density at radius 1 is 1.31 bits per heavy atom. The van der Waals surface area contributed by atoms with Gasteiger partial charge in [-0.05, 0) is 46.1 Å². The quantitative estimate of drug-likeness (QED) is 0.568. The van der Waals surface area contributed by atoms with Crippen LogP contribution in [0.25, 0.3) is 22.0 Å². The molecule has 1 aromatic heterocycles. The molecule has 3 atom stereocenters. The van der Waals surface area contributed by atoms with E-state index in [0.717, 1.165) is 6.54 Å². The molecule has 0 aliphatic carbocycles. The van der Waals surface area contributed by atoms with Gasteiger partial charge < -0.3 is 25.0 Å². The molecule has 3 heterocycles. The Balaban J connectivity index is 1.86. The molecular weight excluding hydrogens is 473 g/mol. The van der Waals surface area contributed by atoms with Crippen molar-refractivity contribution in [3.63, 3.8) is 0 Å². The molecule has 0 saturated carbocycles. The van der Waals surface area contributed by atoms with Crippen molar-refractivity contribution in [3.8, 4) is 22.6 Å². The average Bonchev–Trinajstić information content (AvgIpc) is 2.79. The van der Waals surface area contributed by atoms with Gasteiger partial charge in [0.15, 0.2) is 5.75 Å². The van der Waals surface area contributed by atoms with Crippen molar-refractivity contribution in [1.29, 1.82) is 0 Å². The van der Waals surface area contributed by atoms with Gasteiger partial charge in [-0.25, -0.2) is 9.18 Å². The summed E-state index contributed by atoms with van der Waals surface area (Å²) in [6, 6.07) is 5.80. The molecule has 8 nitrogen and oxygen atoms in total. The first-order valence-electron chi connectivity index (χ1n) is 11.7. The smallest absolute Gasteiger partial charge is 0.350 e. The van der Waals surface area contributed by atoms with Crippen LogP contribution in [0.1, 0.15) is 19.9 Å². The molecule has 35 heavy (non-hydrogen) atoms. The van der Waals surface area contributed by atoms with Gasteiger partial charge in [-0.2, -0.15) is 4.98 Å². The van der Waals surface area contributed by atoms with Crippen LogP contribution < -0.4 is 20.6 Å². The van der Waals surface area contributed by atoms with Crippen molar-refractivity contribution < 1.29 is 14.2 Å². The highest BCUT2D eigenvalue weighted by atomic mass is 35.5. The highest BCUT2D eigenvalue weighted by molar-refractivity contribution is 6.35. The van der Waals surface area contributed by atoms with Crippen LogP contribution in [0.3, 0.4) is 0 Å². The molecule has 0 unspecified atom stereocenters. The van der Waals surface area contributed by atoms with Crippen molar-refractivity contribution in [2.75, 3.05) is 45.2 Å². The number of hydrogen-bond acceptors (Lipinski definition) is 7. The number of phenolic OH excluding ortho intramolecular Hbond substituents is 1. The molecule has 186 valence electrons. The molecule has 2 aliphatic rings. The third-order valence-corrected chi connectivity index (χ3v) is 7.03. The topological polar surface area (TPSA) is 82.9 Å². The summed E-state index contributed by atoms with van der Waals surface area (Å²) in [5.41, 5.74) is 0.291. The fraction of sp³-hybridized carbons (Fsp3) is 0.440. The second kappa shape index (κ2) is 8.96. The molecule has 2 aromatic carbocycles. The molecule has 1 saturated heterocycles. The van der Waals surface area contributed by atoms with Crippen molar-refractivity contribution in [2.24, 2.45) is 0 Å². The number of benzene rings is 2. The van der Waals surface area contributed by atoms with Gasteiger partial charge in [0.1, 0.15) is 24.0 Å². The first-order valence-corrected chi connectivity index (χ1v) is 12.1. The number of rotatable bonds is 4. The van der Waals surface area contributed by atoms with Gasteiger partial charge >= 0.3 is 5.69 Å². The summed E-state index contributed by atoms with van der Waals surface area (Å²) < 4.78 is 22.8. The Hall–Kier alpha value is -2.88. The number of aromatic nitrogens is 2. The maximum Gasteiger partial charge on any atom is 0.350 e. The summed E-state index contributed by atoms with van der Waals surface area (Å²) in [6.07, 6.45) is 0. The van der Waals surface area contributed by atoms with Gasteiger partial charge in [0.25, 0.3) is 0 Å². The largest absolute Gasteiger partial charge is 0.507 e. The zero-order valence-corrected chi connectivity index (χ0v) is 20.9. The van der Waals surface area contributed by atoms with Gasteiger partial charge in [-0.3, -0.25) is 4.57 Å². The molecule has 10 heteroatoms. The fourth-order valence-corrected chi connectivity index (χ4v) is 5.43. The summed E-state index contributed by atoms with van der Waals surface area (Å²) in [5.74, 6) is -0.0772. The number of ether oxygens (including phenoxy) is 1. The molecular formula is C25H29ClFN5O3. The minimum Gasteiger partial charge on any atom is -0.507 e. The molecule has 2 N–H and O–H groups in total. The van der Waals surface area contributed by atoms with E-state index in [1.165, 1.54) is 18.2 Å². The van der Waals surface area contributed by atoms with Crippen LogP contribution >= 0.6 is 11.6 Å². The van der Waals surface area contributed by atoms with E-state index in [1.54, 1.807) is 10.6 Å². The standard InChI is InChI=1S/C25H29ClFN5O3/c1-13-10-31(14(2)9-28-13)24-16-8-17(26)20(21-18(27)6-5-7-19(21)33)23-22(16)32(25(34)29-24)15(12-35-23)11-30(3)4/h5-8,13-15,28,33H,9-12H2,1-4H3/t13-,14+,15+/m1/s1. The number of phenols is 1. The normalized spacial score (nSPS) is 22.0. The van der Waals surface area contributed by atoms with Crippen LogP contribution in [0.5, 0.6) is 11.5 Å². The number of halogens is 2. The lowest BCUT2D eigenvalue weighted by atomic mass is 9.98. The lowest BCUT2D eigenvalue weighted by Gasteiger charge is -2.39. The number of piperazine rings is 1. The number of likely N-dealkylation sites (N-methyl/N-ethyl adjacent to an activating group) is 1. The fourth-order valence-electron chi connectivity index (χ4n) is 5.14. The van der Waals surface area contributed by atoms with Crippen molar-refractivity contribution in [2.45, 2.75) is 32.0 Å². The minimum absolute atomic E-state index is 0.0537. The van der Waals surface area contributed by atoms with Crippen LogP contribution in [0.2, 0.25) is 5.02 Å². The Kier molecular flexibility index (Phi) is 6.11. The van der Waals surface area contributed by atoms with E-state index in [-0.39, 0.29) is 52.4 Å². The van der Waals surface area contributed by atoms with E-state index in [9.17, 15) is 14.3 Å². The van der Waals surface area contributed by atoms with Crippen LogP contribution in [0.15, 0.2) is 29.1 Å². The van der Waals surface area contributed by atoms with E-state index in [0.29, 0.717) is 29.8 Å². The first-order chi connectivity index (χ1) is 16.7. The van der Waals surface area contributed by atoms with Crippen LogP contribution in [0.4, 0.5) is 10.2 Å². The molecule has 3 aromatic rings. The number of aromatic hydroxyl groups is 1. The van der Waals surface area contributed by atoms with Crippen molar-refractivity contribution in [3.05, 3.63) is 45.6 Å². The van der Waals surface area contributed by atoms with E-state index in [2.05, 4.69) is 29.0 Å². The summed E-state index contributed by atoms with van der Waals surface area (Å²) in [4.78, 5) is 22.2. The maximum atomic E-state index is 15.0. The SMILES string of the molecule is C[C@@H]1CN(c2nc(=O)n3c4c(c(-c5c(O)cccc5F)c(Cl)cc24)OC[C@@H]3CN(C)C)[C@@H](C)CN1. The van der Waals surface area contributed by atoms with Crippen molar-refractivity contribution >= 4 is 28.3 Å². The summed E-state index contributed by atoms with van der Waals surface area (Å²) >= 11 is 6.77. The summed E-state index contributed by atoms with van der Waals surface area (Å²) in [7, 11) is 3.85. The van der Waals surface area contributed by atoms with Gasteiger partial charge in [-0.15, -0.1) is 0 Å². The second-order valence-corrected chi connectivity index (χ2v) is 10.1. The lowest BCUT2D eigenvalue weighted by Crippen LogP contribution is -2.55. The highest BCUT2D eigenvalue weighted by Gasteiger charge is 2.34. The predicted molar refractivity (Wildman–Crippen MR) is 135 cm³/mol. The first kappa shape index (κ1) is 23.8. The number of nitrogens with one attached hydrogen (secondary N) is 1. The Morgan fingerprint density at radius 2 is 2.09 bits per heavy atom. The average molecular weight is 502 g/mol. The van der Waals surface area contributed by atoms with Crippen LogP contribution in [0, 0.1) is 5.82 Å². The summed E-state index contributed by atoms with van der Waals surface area (Å²) in [6.45, 7) is 6.30. The summed E-state index contributed by atoms with van der Waals surface area (Å²) in [5, 5.41) is 14.9. The van der Waals surface area contributed by atoms with E-state index < -0.39 is 11.5 Å². The maximum absolute atomic E-state index is 15.0. The number of anilines is 1. The highest BCUT2D eigenvalue weighted by Crippen LogP contribution is 2.49. The molecule has 0 spiro atoms. The minimum atomic E-state index is -0.630. The Morgan fingerprint density at radius 3 is 2.80 bits per heavy atom. The van der Waals surface area contributed by atoms with E-state index in [1.807, 2.05) is 19.0 Å². The molecule has 0 bridgehead atoms. The molecule has 0 radical (unpaired) electrons. The van der Waals surface area contributed by atoms with Crippen LogP contribution in [-0.2, 0) is 0 Å². The van der Waals surface area contributed by atoms with Crippen molar-refractivity contribution in [1.82, 2.24) is 19.8 Å². The van der Waals surface area contributed by atoms with Gasteiger partial charge in [0.05, 0.1) is 27.7 Å². The Bertz CT molecular complexity index is 1340. The zero-order chi connectivity index (χ0) is 25.0. The molecule has 1 fully saturated rings. The third kappa shape index (κ3) is 4.01. The lowest BCUT2D eigenvalue weighted by molar-refractivity contribution is 0.198. The number of hydrogen-bond donors (Lipinski definition) is 2. The Labute approximate surface area is 207 Å². The molecule has 2 aliphatic heterocycles.